The van der Waals surface area contributed by atoms with E-state index in [-0.39, 0.29) is 62.3 Å². The van der Waals surface area contributed by atoms with Gasteiger partial charge in [-0.05, 0) is 44.8 Å². The van der Waals surface area contributed by atoms with Gasteiger partial charge in [0.25, 0.3) is 0 Å². The molecular weight excluding hydrogens is 902 g/mol. The number of ether oxygens (including phenoxy) is 3. The molecule has 4 aromatic rings. The first-order chi connectivity index (χ1) is 31.4. The Bertz CT molecular complexity index is 2360. The number of H-pyrrole nitrogens is 1. The highest BCUT2D eigenvalue weighted by Crippen LogP contribution is 2.42. The summed E-state index contributed by atoms with van der Waals surface area (Å²) in [5, 5.41) is 22.2. The topological polar surface area (TPSA) is 204 Å². The zero-order valence-corrected chi connectivity index (χ0v) is 38.8. The fourth-order valence-corrected chi connectivity index (χ4v) is 8.68. The fourth-order valence-electron chi connectivity index (χ4n) is 7.23. The number of likely N-dealkylation sites (N-methyl/N-ethyl adjacent to an activating group) is 1. The number of carbonyl (C=O) groups excluding carboxylic acids is 5. The molecule has 1 saturated heterocycles. The summed E-state index contributed by atoms with van der Waals surface area (Å²) in [5.41, 5.74) is 3.95. The Morgan fingerprint density at radius 1 is 0.969 bits per heavy atom. The van der Waals surface area contributed by atoms with E-state index in [9.17, 15) is 29.1 Å². The molecule has 0 bridgehead atoms. The minimum absolute atomic E-state index is 0.0448. The number of aromatic amines is 1. The molecule has 0 saturated carbocycles. The van der Waals surface area contributed by atoms with Crippen molar-refractivity contribution in [2.45, 2.75) is 32.4 Å². The number of aliphatic hydroxyl groups excluding tert-OH is 1. The van der Waals surface area contributed by atoms with E-state index in [0.29, 0.717) is 99.7 Å². The molecule has 350 valence electrons. The molecule has 0 spiro atoms. The number of piperazine rings is 1. The van der Waals surface area contributed by atoms with Crippen LogP contribution in [0.3, 0.4) is 0 Å². The molecule has 4 N–H and O–H groups in total. The average molecular weight is 957 g/mol. The summed E-state index contributed by atoms with van der Waals surface area (Å²) in [4.78, 5) is 73.4. The Morgan fingerprint density at radius 2 is 1.77 bits per heavy atom. The van der Waals surface area contributed by atoms with Crippen LogP contribution >= 0.6 is 34.5 Å². The first-order valence-electron chi connectivity index (χ1n) is 21.3. The molecule has 6 rings (SSSR count). The van der Waals surface area contributed by atoms with Crippen LogP contribution in [0.2, 0.25) is 10.0 Å². The van der Waals surface area contributed by atoms with Crippen molar-refractivity contribution in [3.63, 3.8) is 0 Å². The van der Waals surface area contributed by atoms with Crippen LogP contribution in [-0.2, 0) is 64.1 Å². The van der Waals surface area contributed by atoms with E-state index in [0.717, 1.165) is 32.1 Å². The van der Waals surface area contributed by atoms with Gasteiger partial charge in [-0.25, -0.2) is 0 Å². The molecule has 1 aromatic carbocycles. The fraction of sp³-hybridized carbons (Fsp3) is 0.455. The van der Waals surface area contributed by atoms with Crippen LogP contribution in [0.4, 0.5) is 5.00 Å². The monoisotopic (exact) mass is 955 g/mol. The van der Waals surface area contributed by atoms with Crippen molar-refractivity contribution in [2.24, 2.45) is 0 Å². The van der Waals surface area contributed by atoms with Gasteiger partial charge in [0.15, 0.2) is 0 Å². The molecule has 65 heavy (non-hydrogen) atoms. The Kier molecular flexibility index (Phi) is 18.4. The summed E-state index contributed by atoms with van der Waals surface area (Å²) in [5.74, 6) is -1.07. The molecule has 2 aliphatic heterocycles. The quantitative estimate of drug-likeness (QED) is 0.0484. The summed E-state index contributed by atoms with van der Waals surface area (Å²) in [6, 6.07) is 7.47. The Morgan fingerprint density at radius 3 is 2.55 bits per heavy atom. The number of rotatable bonds is 23. The molecule has 5 heterocycles. The second-order valence-corrected chi connectivity index (χ2v) is 17.4. The molecule has 0 atom stereocenters. The van der Waals surface area contributed by atoms with Crippen molar-refractivity contribution in [3.8, 4) is 11.3 Å². The summed E-state index contributed by atoms with van der Waals surface area (Å²) < 4.78 is 18.1. The summed E-state index contributed by atoms with van der Waals surface area (Å²) in [6.07, 6.45) is 9.14. The number of aliphatic hydroxyl groups is 1. The maximum Gasteiger partial charge on any atom is 0.248 e. The Hall–Kier alpha value is -5.28. The lowest BCUT2D eigenvalue weighted by atomic mass is 9.99. The van der Waals surface area contributed by atoms with Crippen molar-refractivity contribution < 1.29 is 43.3 Å². The molecule has 1 fully saturated rings. The number of hydrogen-bond acceptors (Lipinski definition) is 12. The average Bonchev–Trinajstić information content (AvgIpc) is 4.06. The third kappa shape index (κ3) is 13.9. The molecule has 3 aromatic heterocycles. The van der Waals surface area contributed by atoms with Crippen molar-refractivity contribution in [3.05, 3.63) is 81.1 Å². The van der Waals surface area contributed by atoms with E-state index < -0.39 is 6.61 Å². The van der Waals surface area contributed by atoms with Gasteiger partial charge in [0.05, 0.1) is 65.5 Å². The molecule has 0 unspecified atom stereocenters. The summed E-state index contributed by atoms with van der Waals surface area (Å²) in [6.45, 7) is 4.43. The standard InChI is InChI=1S/C44H55Cl2N9O9S/c1-51(2)14-3-4-38(59)53-18-19-55(39(60)28-53)41-6-5-30(65-41)7-12-47-36(57)10-20-62-22-24-64-25-23-63-21-11-37(58)48-13-17-54-16-9-35(50-54)31-26-33(45)43(46)44-42(31)32-27-52(40(61)29-56)15-8-34(32)49-44/h3-6,9,11,16,21,26,49,56H,7-8,10,12-15,17-20,22-25,27-29H2,1-2H3,(H,47,57)(H,48,58)/b4-3?,21-11+. The second-order valence-electron chi connectivity index (χ2n) is 15.5. The smallest absolute Gasteiger partial charge is 0.248 e. The van der Waals surface area contributed by atoms with E-state index in [4.69, 9.17) is 42.5 Å². The van der Waals surface area contributed by atoms with Gasteiger partial charge in [0, 0.05) is 104 Å². The van der Waals surface area contributed by atoms with Crippen molar-refractivity contribution in [1.29, 1.82) is 0 Å². The van der Waals surface area contributed by atoms with Crippen molar-refractivity contribution in [2.75, 3.05) is 104 Å². The maximum atomic E-state index is 12.8. The number of anilines is 1. The van der Waals surface area contributed by atoms with Gasteiger partial charge in [-0.3, -0.25) is 28.7 Å². The number of aromatic nitrogens is 3. The zero-order chi connectivity index (χ0) is 46.3. The number of thiophene rings is 1. The van der Waals surface area contributed by atoms with Crippen molar-refractivity contribution in [1.82, 2.24) is 40.1 Å². The van der Waals surface area contributed by atoms with E-state index in [2.05, 4.69) is 15.6 Å². The molecule has 21 heteroatoms. The first kappa shape index (κ1) is 49.2. The molecule has 0 radical (unpaired) electrons. The number of hydrogen-bond donors (Lipinski definition) is 4. The molecule has 2 aliphatic rings. The van der Waals surface area contributed by atoms with E-state index in [1.54, 1.807) is 37.7 Å². The van der Waals surface area contributed by atoms with Crippen LogP contribution in [0.15, 0.2) is 55.0 Å². The van der Waals surface area contributed by atoms with Gasteiger partial charge < -0.3 is 54.5 Å². The largest absolute Gasteiger partial charge is 0.499 e. The van der Waals surface area contributed by atoms with Gasteiger partial charge >= 0.3 is 0 Å². The van der Waals surface area contributed by atoms with Crippen LogP contribution < -0.4 is 15.5 Å². The first-order valence-corrected chi connectivity index (χ1v) is 22.9. The number of carbonyl (C=O) groups is 5. The molecule has 18 nitrogen and oxygen atoms in total. The second kappa shape index (κ2) is 24.3. The maximum absolute atomic E-state index is 12.8. The van der Waals surface area contributed by atoms with Crippen LogP contribution in [-0.4, -0.2) is 164 Å². The lowest BCUT2D eigenvalue weighted by Gasteiger charge is -2.33. The third-order valence-corrected chi connectivity index (χ3v) is 12.5. The lowest BCUT2D eigenvalue weighted by Crippen LogP contribution is -2.51. The van der Waals surface area contributed by atoms with Gasteiger partial charge in [-0.15, -0.1) is 11.3 Å². The normalized spacial score (nSPS) is 14.3. The van der Waals surface area contributed by atoms with Crippen LogP contribution in [0.5, 0.6) is 0 Å². The van der Waals surface area contributed by atoms with Crippen LogP contribution in [0.25, 0.3) is 22.2 Å². The SMILES string of the molecule is CN(C)CC=CC(=O)N1CCN(c2ccc(CCNC(=O)CCOCCOCCO/C=C/C(=O)NCCn3ccc(-c4cc(Cl)c(Cl)c5[nH]c6c(c45)CN(C(=O)CO)CC6)n3)s2)C(=O)C1. The van der Waals surface area contributed by atoms with E-state index in [1.165, 1.54) is 29.8 Å². The predicted octanol–water partition coefficient (Wildman–Crippen LogP) is 3.00. The Labute approximate surface area is 391 Å². The number of benzene rings is 1. The van der Waals surface area contributed by atoms with Gasteiger partial charge in [-0.1, -0.05) is 29.3 Å². The summed E-state index contributed by atoms with van der Waals surface area (Å²) in [7, 11) is 3.84. The van der Waals surface area contributed by atoms with Gasteiger partial charge in [0.2, 0.25) is 29.5 Å². The van der Waals surface area contributed by atoms with E-state index >= 15 is 0 Å². The highest BCUT2D eigenvalue weighted by molar-refractivity contribution is 7.16. The molecule has 5 amide bonds. The Balaban J connectivity index is 0.784. The number of nitrogens with zero attached hydrogens (tertiary/aromatic N) is 6. The highest BCUT2D eigenvalue weighted by atomic mass is 35.5. The minimum atomic E-state index is -0.557. The van der Waals surface area contributed by atoms with E-state index in [1.807, 2.05) is 37.2 Å². The van der Waals surface area contributed by atoms with Crippen molar-refractivity contribution >= 4 is 80.0 Å². The number of fused-ring (bicyclic) bond motifs is 3. The third-order valence-electron chi connectivity index (χ3n) is 10.6. The summed E-state index contributed by atoms with van der Waals surface area (Å²) >= 11 is 14.6. The number of nitrogens with one attached hydrogen (secondary N) is 3. The van der Waals surface area contributed by atoms with Crippen LogP contribution in [0.1, 0.15) is 22.6 Å². The van der Waals surface area contributed by atoms with Crippen LogP contribution in [0, 0.1) is 0 Å². The number of halogens is 2. The molecule has 0 aliphatic carbocycles. The van der Waals surface area contributed by atoms with Gasteiger partial charge in [-0.2, -0.15) is 5.10 Å². The lowest BCUT2D eigenvalue weighted by molar-refractivity contribution is -0.135. The number of amides is 5. The highest BCUT2D eigenvalue weighted by Gasteiger charge is 2.29. The zero-order valence-electron chi connectivity index (χ0n) is 36.5. The molecular formula is C44H55Cl2N9O9S. The minimum Gasteiger partial charge on any atom is -0.499 e. The van der Waals surface area contributed by atoms with Gasteiger partial charge in [0.1, 0.15) is 19.8 Å². The predicted molar refractivity (Wildman–Crippen MR) is 248 cm³/mol.